The first-order chi connectivity index (χ1) is 12.6. The van der Waals surface area contributed by atoms with Crippen LogP contribution in [0.4, 0.5) is 18.9 Å². The minimum absolute atomic E-state index is 0.104. The van der Waals surface area contributed by atoms with Crippen LogP contribution >= 0.6 is 0 Å². The van der Waals surface area contributed by atoms with Crippen molar-refractivity contribution in [3.05, 3.63) is 60.0 Å². The van der Waals surface area contributed by atoms with Gasteiger partial charge < -0.3 is 9.29 Å². The first-order valence-electron chi connectivity index (χ1n) is 7.02. The average molecular weight is 421 g/mol. The molecule has 0 saturated carbocycles. The predicted octanol–water partition coefficient (Wildman–Crippen LogP) is 2.35. The van der Waals surface area contributed by atoms with E-state index in [0.717, 1.165) is 24.4 Å². The number of nitrogens with zero attached hydrogens (tertiary/aromatic N) is 1. The van der Waals surface area contributed by atoms with Gasteiger partial charge >= 0.3 is 6.61 Å². The van der Waals surface area contributed by atoms with Gasteiger partial charge in [0.2, 0.25) is 10.0 Å². The van der Waals surface area contributed by atoms with Crippen molar-refractivity contribution in [3.8, 4) is 5.75 Å². The molecular formula is C15H12F3N2O5S2-. The maximum absolute atomic E-state index is 13.9. The van der Waals surface area contributed by atoms with Crippen molar-refractivity contribution in [3.63, 3.8) is 0 Å². The van der Waals surface area contributed by atoms with E-state index in [2.05, 4.69) is 4.74 Å². The van der Waals surface area contributed by atoms with Crippen LogP contribution in [0.3, 0.4) is 0 Å². The molecule has 146 valence electrons. The molecule has 0 aliphatic carbocycles. The fraction of sp³-hybridized carbons (Fsp3) is 0.0667. The normalized spacial score (nSPS) is 13.1. The molecule has 0 spiro atoms. The van der Waals surface area contributed by atoms with Crippen LogP contribution in [0, 0.1) is 5.82 Å². The van der Waals surface area contributed by atoms with Crippen LogP contribution < -0.4 is 14.2 Å². The minimum Gasteiger partial charge on any atom is -0.755 e. The summed E-state index contributed by atoms with van der Waals surface area (Å²) in [4.78, 5) is -0.987. The Hall–Kier alpha value is -2.41. The zero-order valence-electron chi connectivity index (χ0n) is 13.3. The smallest absolute Gasteiger partial charge is 0.387 e. The van der Waals surface area contributed by atoms with Gasteiger partial charge in [-0.25, -0.2) is 17.9 Å². The van der Waals surface area contributed by atoms with Gasteiger partial charge in [-0.15, -0.1) is 0 Å². The van der Waals surface area contributed by atoms with Crippen LogP contribution in [0.15, 0.2) is 53.6 Å². The summed E-state index contributed by atoms with van der Waals surface area (Å²) in [5.41, 5.74) is -0.139. The summed E-state index contributed by atoms with van der Waals surface area (Å²) >= 11 is -3.01. The van der Waals surface area contributed by atoms with Crippen molar-refractivity contribution >= 4 is 33.1 Å². The van der Waals surface area contributed by atoms with Crippen LogP contribution in [0.5, 0.6) is 5.75 Å². The number of rotatable bonds is 7. The van der Waals surface area contributed by atoms with E-state index < -0.39 is 44.3 Å². The predicted molar refractivity (Wildman–Crippen MR) is 91.3 cm³/mol. The molecule has 0 amide bonds. The summed E-state index contributed by atoms with van der Waals surface area (Å²) in [5.74, 6) is -1.32. The van der Waals surface area contributed by atoms with E-state index in [9.17, 15) is 30.4 Å². The molecule has 2 aromatic carbocycles. The maximum Gasteiger partial charge on any atom is 0.387 e. The van der Waals surface area contributed by atoms with Crippen molar-refractivity contribution in [2.24, 2.45) is 5.14 Å². The molecule has 0 saturated heterocycles. The molecule has 0 radical (unpaired) electrons. The largest absolute Gasteiger partial charge is 0.755 e. The number of ether oxygens (including phenoxy) is 1. The summed E-state index contributed by atoms with van der Waals surface area (Å²) < 4.78 is 89.0. The van der Waals surface area contributed by atoms with Gasteiger partial charge in [0.25, 0.3) is 0 Å². The summed E-state index contributed by atoms with van der Waals surface area (Å²) in [6, 6.07) is 8.15. The SMILES string of the molecule is NS(=O)(=O)c1c(F)cccc1N(C=Cc1ccc(OC(F)F)cc1)S(=O)[O-]. The second-order valence-corrected chi connectivity index (χ2v) is 7.27. The maximum atomic E-state index is 13.9. The highest BCUT2D eigenvalue weighted by atomic mass is 32.2. The number of nitrogens with two attached hydrogens (primary N) is 1. The number of hydrogen-bond acceptors (Lipinski definition) is 5. The van der Waals surface area contributed by atoms with Crippen LogP contribution in [0.1, 0.15) is 5.56 Å². The van der Waals surface area contributed by atoms with Crippen LogP contribution in [0.2, 0.25) is 0 Å². The number of alkyl halides is 2. The molecular weight excluding hydrogens is 409 g/mol. The number of sulfonamides is 1. The Morgan fingerprint density at radius 2 is 1.81 bits per heavy atom. The lowest BCUT2D eigenvalue weighted by Crippen LogP contribution is -2.24. The van der Waals surface area contributed by atoms with Crippen molar-refractivity contribution < 1.29 is 35.1 Å². The van der Waals surface area contributed by atoms with Crippen LogP contribution in [-0.2, 0) is 21.3 Å². The molecule has 2 aromatic rings. The fourth-order valence-corrected chi connectivity index (χ4v) is 3.41. The molecule has 2 N–H and O–H groups in total. The van der Waals surface area contributed by atoms with Gasteiger partial charge in [-0.3, -0.25) is 8.51 Å². The Bertz CT molecular complexity index is 966. The molecule has 27 heavy (non-hydrogen) atoms. The molecule has 1 atom stereocenters. The van der Waals surface area contributed by atoms with Crippen molar-refractivity contribution in [1.82, 2.24) is 0 Å². The topological polar surface area (TPSA) is 113 Å². The third-order valence-electron chi connectivity index (χ3n) is 3.14. The third-order valence-corrected chi connectivity index (χ3v) is 4.75. The number of halogens is 3. The summed E-state index contributed by atoms with van der Waals surface area (Å²) in [7, 11) is -4.55. The standard InChI is InChI=1S/C15H13F3N2O5S2/c16-12-2-1-3-13(14(12)27(19,23)24)20(26(21)22)9-8-10-4-6-11(7-5-10)25-15(17)18/h1-9,15H,(H,21,22)(H2,19,23,24)/p-1. The monoisotopic (exact) mass is 421 g/mol. The fourth-order valence-electron chi connectivity index (χ4n) is 2.08. The van der Waals surface area contributed by atoms with E-state index in [-0.39, 0.29) is 5.75 Å². The van der Waals surface area contributed by atoms with E-state index in [4.69, 9.17) is 5.14 Å². The zero-order chi connectivity index (χ0) is 20.2. The van der Waals surface area contributed by atoms with Gasteiger partial charge in [-0.05, 0) is 35.9 Å². The molecule has 0 aliphatic heterocycles. The summed E-state index contributed by atoms with van der Waals surface area (Å²) in [5, 5.41) is 4.97. The van der Waals surface area contributed by atoms with Crippen molar-refractivity contribution in [1.29, 1.82) is 0 Å². The summed E-state index contributed by atoms with van der Waals surface area (Å²) in [6.45, 7) is -2.99. The second-order valence-electron chi connectivity index (χ2n) is 4.94. The molecule has 1 unspecified atom stereocenters. The molecule has 2 rings (SSSR count). The average Bonchev–Trinajstić information content (AvgIpc) is 2.54. The van der Waals surface area contributed by atoms with Gasteiger partial charge in [-0.2, -0.15) is 8.78 Å². The molecule has 0 aliphatic rings. The van der Waals surface area contributed by atoms with Gasteiger partial charge in [0.15, 0.2) is 0 Å². The number of primary sulfonamides is 1. The lowest BCUT2D eigenvalue weighted by molar-refractivity contribution is -0.0498. The van der Waals surface area contributed by atoms with Crippen LogP contribution in [0.25, 0.3) is 6.08 Å². The van der Waals surface area contributed by atoms with Gasteiger partial charge in [0, 0.05) is 6.20 Å². The Kier molecular flexibility index (Phi) is 6.59. The molecule has 7 nitrogen and oxygen atoms in total. The van der Waals surface area contributed by atoms with Crippen molar-refractivity contribution in [2.45, 2.75) is 11.5 Å². The Morgan fingerprint density at radius 1 is 1.19 bits per heavy atom. The Labute approximate surface area is 155 Å². The third kappa shape index (κ3) is 5.53. The van der Waals surface area contributed by atoms with E-state index in [1.165, 1.54) is 30.3 Å². The quantitative estimate of drug-likeness (QED) is 0.690. The lowest BCUT2D eigenvalue weighted by Gasteiger charge is -2.24. The van der Waals surface area contributed by atoms with E-state index in [0.29, 0.717) is 9.87 Å². The second kappa shape index (κ2) is 8.52. The highest BCUT2D eigenvalue weighted by Gasteiger charge is 2.22. The van der Waals surface area contributed by atoms with E-state index >= 15 is 0 Å². The van der Waals surface area contributed by atoms with Gasteiger partial charge in [0.1, 0.15) is 16.5 Å². The zero-order valence-corrected chi connectivity index (χ0v) is 14.9. The Balaban J connectivity index is 2.39. The highest BCUT2D eigenvalue weighted by molar-refractivity contribution is 7.89. The first kappa shape index (κ1) is 20.9. The minimum atomic E-state index is -4.55. The number of benzene rings is 2. The molecule has 0 fully saturated rings. The lowest BCUT2D eigenvalue weighted by atomic mass is 10.2. The number of anilines is 1. The highest BCUT2D eigenvalue weighted by Crippen LogP contribution is 2.28. The van der Waals surface area contributed by atoms with Gasteiger partial charge in [0.05, 0.1) is 17.0 Å². The molecule has 0 aromatic heterocycles. The summed E-state index contributed by atoms with van der Waals surface area (Å²) in [6.07, 6.45) is 2.19. The van der Waals surface area contributed by atoms with Crippen LogP contribution in [-0.4, -0.2) is 23.8 Å². The Morgan fingerprint density at radius 3 is 2.33 bits per heavy atom. The van der Waals surface area contributed by atoms with Gasteiger partial charge in [-0.1, -0.05) is 18.2 Å². The molecule has 0 heterocycles. The van der Waals surface area contributed by atoms with E-state index in [1.54, 1.807) is 0 Å². The van der Waals surface area contributed by atoms with E-state index in [1.807, 2.05) is 0 Å². The van der Waals surface area contributed by atoms with Crippen molar-refractivity contribution in [2.75, 3.05) is 4.31 Å². The number of hydrogen-bond donors (Lipinski definition) is 1. The first-order valence-corrected chi connectivity index (χ1v) is 9.60. The molecule has 12 heteroatoms. The molecule has 0 bridgehead atoms.